The van der Waals surface area contributed by atoms with Crippen molar-refractivity contribution >= 4 is 22.6 Å². The Morgan fingerprint density at radius 3 is 2.57 bits per heavy atom. The van der Waals surface area contributed by atoms with Gasteiger partial charge in [0.2, 0.25) is 5.91 Å². The number of carbonyl (C=O) groups excluding carboxylic acids is 1. The lowest BCUT2D eigenvalue weighted by Gasteiger charge is -2.13. The molecule has 1 N–H and O–H groups in total. The molecule has 0 aliphatic heterocycles. The number of nitrogens with zero attached hydrogens (tertiary/aromatic N) is 3. The first-order chi connectivity index (χ1) is 13.5. The lowest BCUT2D eigenvalue weighted by atomic mass is 10.3. The topological polar surface area (TPSA) is 68.9 Å². The van der Waals surface area contributed by atoms with E-state index in [-0.39, 0.29) is 17.8 Å². The molecule has 0 saturated heterocycles. The molecule has 2 aromatic carbocycles. The summed E-state index contributed by atoms with van der Waals surface area (Å²) in [5, 5.41) is 2.75. The van der Waals surface area contributed by atoms with Crippen molar-refractivity contribution in [1.82, 2.24) is 14.3 Å². The van der Waals surface area contributed by atoms with Gasteiger partial charge in [-0.05, 0) is 36.4 Å². The highest BCUT2D eigenvalue weighted by molar-refractivity contribution is 5.91. The minimum absolute atomic E-state index is 0.149. The van der Waals surface area contributed by atoms with Crippen molar-refractivity contribution in [2.24, 2.45) is 0 Å². The van der Waals surface area contributed by atoms with E-state index in [2.05, 4.69) is 10.3 Å². The van der Waals surface area contributed by atoms with Crippen LogP contribution in [0.1, 0.15) is 0 Å². The number of aromatic nitrogens is 3. The molecule has 0 saturated carbocycles. The molecule has 140 valence electrons. The molecule has 4 rings (SSSR count). The Morgan fingerprint density at radius 2 is 1.82 bits per heavy atom. The fraction of sp³-hybridized carbons (Fsp3) is 0.0500. The molecule has 6 nitrogen and oxygen atoms in total. The van der Waals surface area contributed by atoms with E-state index in [4.69, 9.17) is 0 Å². The van der Waals surface area contributed by atoms with E-state index in [9.17, 15) is 18.4 Å². The predicted molar refractivity (Wildman–Crippen MR) is 100 cm³/mol. The van der Waals surface area contributed by atoms with Gasteiger partial charge in [-0.15, -0.1) is 0 Å². The first-order valence-corrected chi connectivity index (χ1v) is 8.41. The van der Waals surface area contributed by atoms with Gasteiger partial charge in [-0.25, -0.2) is 18.4 Å². The molecule has 0 spiro atoms. The Balaban J connectivity index is 1.76. The summed E-state index contributed by atoms with van der Waals surface area (Å²) < 4.78 is 29.6. The molecule has 0 radical (unpaired) electrons. The Labute approximate surface area is 157 Å². The monoisotopic (exact) mass is 380 g/mol. The van der Waals surface area contributed by atoms with E-state index < -0.39 is 17.5 Å². The van der Waals surface area contributed by atoms with Crippen molar-refractivity contribution in [2.45, 2.75) is 6.54 Å². The summed E-state index contributed by atoms with van der Waals surface area (Å²) in [6.45, 7) is -0.290. The third-order valence-electron chi connectivity index (χ3n) is 4.19. The second kappa shape index (κ2) is 7.07. The average molecular weight is 380 g/mol. The van der Waals surface area contributed by atoms with Gasteiger partial charge in [-0.2, -0.15) is 0 Å². The smallest absolute Gasteiger partial charge is 0.280 e. The number of para-hydroxylation sites is 1. The van der Waals surface area contributed by atoms with Crippen molar-refractivity contribution in [2.75, 3.05) is 5.32 Å². The largest absolute Gasteiger partial charge is 0.322 e. The standard InChI is InChI=1S/C20H14F2N4O2/c21-13-8-9-17(16(22)11-13)24-18(27)12-25-19-15(7-4-10-23-19)20(28)26(25)14-5-2-1-3-6-14/h1-11H,12H2,(H,24,27). The number of amides is 1. The van der Waals surface area contributed by atoms with Crippen molar-refractivity contribution in [3.8, 4) is 5.69 Å². The highest BCUT2D eigenvalue weighted by Crippen LogP contribution is 2.16. The number of anilines is 1. The Hall–Kier alpha value is -3.81. The summed E-state index contributed by atoms with van der Waals surface area (Å²) in [5.74, 6) is -2.21. The number of rotatable bonds is 4. The zero-order chi connectivity index (χ0) is 19.7. The van der Waals surface area contributed by atoms with Gasteiger partial charge in [-0.1, -0.05) is 18.2 Å². The normalized spacial score (nSPS) is 10.9. The molecule has 8 heteroatoms. The fourth-order valence-corrected chi connectivity index (χ4v) is 2.98. The molecule has 0 bridgehead atoms. The van der Waals surface area contributed by atoms with Crippen LogP contribution in [0, 0.1) is 11.6 Å². The van der Waals surface area contributed by atoms with E-state index in [1.807, 2.05) is 6.07 Å². The van der Waals surface area contributed by atoms with Crippen LogP contribution in [0.25, 0.3) is 16.7 Å². The Kier molecular flexibility index (Phi) is 4.44. The maximum Gasteiger partial charge on any atom is 0.280 e. The molecule has 0 atom stereocenters. The van der Waals surface area contributed by atoms with Gasteiger partial charge in [0.25, 0.3) is 5.56 Å². The van der Waals surface area contributed by atoms with Crippen LogP contribution < -0.4 is 10.9 Å². The van der Waals surface area contributed by atoms with Crippen LogP contribution in [0.15, 0.2) is 71.7 Å². The average Bonchev–Trinajstić information content (AvgIpc) is 2.97. The first-order valence-electron chi connectivity index (χ1n) is 8.41. The van der Waals surface area contributed by atoms with Crippen molar-refractivity contribution in [3.05, 3.63) is 88.8 Å². The highest BCUT2D eigenvalue weighted by atomic mass is 19.1. The number of benzene rings is 2. The summed E-state index contributed by atoms with van der Waals surface area (Å²) in [6, 6.07) is 14.9. The van der Waals surface area contributed by atoms with Crippen LogP contribution in [-0.4, -0.2) is 20.3 Å². The maximum atomic E-state index is 13.8. The number of hydrogen-bond acceptors (Lipinski definition) is 3. The third kappa shape index (κ3) is 3.16. The van der Waals surface area contributed by atoms with E-state index in [1.165, 1.54) is 15.6 Å². The van der Waals surface area contributed by atoms with Gasteiger partial charge in [0.05, 0.1) is 16.8 Å². The third-order valence-corrected chi connectivity index (χ3v) is 4.19. The van der Waals surface area contributed by atoms with Gasteiger partial charge in [0.15, 0.2) is 5.65 Å². The summed E-state index contributed by atoms with van der Waals surface area (Å²) in [5.41, 5.74) is 0.414. The van der Waals surface area contributed by atoms with Gasteiger partial charge < -0.3 is 5.32 Å². The van der Waals surface area contributed by atoms with Crippen LogP contribution in [0.3, 0.4) is 0 Å². The van der Waals surface area contributed by atoms with Gasteiger partial charge in [-0.3, -0.25) is 14.3 Å². The fourth-order valence-electron chi connectivity index (χ4n) is 2.98. The minimum Gasteiger partial charge on any atom is -0.322 e. The second-order valence-corrected chi connectivity index (χ2v) is 6.06. The predicted octanol–water partition coefficient (Wildman–Crippen LogP) is 3.10. The molecule has 2 heterocycles. The summed E-state index contributed by atoms with van der Waals surface area (Å²) >= 11 is 0. The molecular formula is C20H14F2N4O2. The molecule has 1 amide bonds. The molecule has 2 aromatic heterocycles. The van der Waals surface area contributed by atoms with Crippen molar-refractivity contribution in [1.29, 1.82) is 0 Å². The van der Waals surface area contributed by atoms with Crippen LogP contribution >= 0.6 is 0 Å². The summed E-state index contributed by atoms with van der Waals surface area (Å²) in [4.78, 5) is 29.6. The molecule has 4 aromatic rings. The number of pyridine rings is 1. The Morgan fingerprint density at radius 1 is 1.04 bits per heavy atom. The van der Waals surface area contributed by atoms with Crippen molar-refractivity contribution < 1.29 is 13.6 Å². The zero-order valence-electron chi connectivity index (χ0n) is 14.5. The number of hydrogen-bond donors (Lipinski definition) is 1. The van der Waals surface area contributed by atoms with Crippen LogP contribution in [0.2, 0.25) is 0 Å². The van der Waals surface area contributed by atoms with Gasteiger partial charge in [0.1, 0.15) is 18.2 Å². The SMILES string of the molecule is O=C(Cn1c2ncccc2c(=O)n1-c1ccccc1)Nc1ccc(F)cc1F. The molecule has 0 aliphatic rings. The number of halogens is 2. The molecular weight excluding hydrogens is 366 g/mol. The number of nitrogens with one attached hydrogen (secondary N) is 1. The molecule has 0 fully saturated rings. The second-order valence-electron chi connectivity index (χ2n) is 6.06. The zero-order valence-corrected chi connectivity index (χ0v) is 14.5. The van der Waals surface area contributed by atoms with Crippen molar-refractivity contribution in [3.63, 3.8) is 0 Å². The highest BCUT2D eigenvalue weighted by Gasteiger charge is 2.18. The molecule has 0 aliphatic carbocycles. The summed E-state index contributed by atoms with van der Waals surface area (Å²) in [7, 11) is 0. The van der Waals surface area contributed by atoms with Crippen LogP contribution in [0.5, 0.6) is 0 Å². The maximum absolute atomic E-state index is 13.8. The molecule has 28 heavy (non-hydrogen) atoms. The van der Waals surface area contributed by atoms with E-state index in [0.717, 1.165) is 12.1 Å². The number of carbonyl (C=O) groups is 1. The van der Waals surface area contributed by atoms with E-state index in [0.29, 0.717) is 22.8 Å². The summed E-state index contributed by atoms with van der Waals surface area (Å²) in [6.07, 6.45) is 1.52. The first kappa shape index (κ1) is 17.6. The lowest BCUT2D eigenvalue weighted by Crippen LogP contribution is -2.27. The van der Waals surface area contributed by atoms with E-state index in [1.54, 1.807) is 36.4 Å². The van der Waals surface area contributed by atoms with Gasteiger partial charge in [0, 0.05) is 12.3 Å². The van der Waals surface area contributed by atoms with Crippen LogP contribution in [-0.2, 0) is 11.3 Å². The van der Waals surface area contributed by atoms with Crippen LogP contribution in [0.4, 0.5) is 14.5 Å². The minimum atomic E-state index is -0.885. The quantitative estimate of drug-likeness (QED) is 0.592. The molecule has 0 unspecified atom stereocenters. The number of fused-ring (bicyclic) bond motifs is 1. The van der Waals surface area contributed by atoms with Gasteiger partial charge >= 0.3 is 0 Å². The van der Waals surface area contributed by atoms with E-state index >= 15 is 0 Å². The lowest BCUT2D eigenvalue weighted by molar-refractivity contribution is -0.117. The Bertz CT molecular complexity index is 1230.